The molecule has 0 aliphatic carbocycles. The number of aryl methyl sites for hydroxylation is 1. The Labute approximate surface area is 202 Å². The summed E-state index contributed by atoms with van der Waals surface area (Å²) < 4.78 is 0. The van der Waals surface area contributed by atoms with Crippen molar-refractivity contribution in [1.29, 1.82) is 0 Å². The lowest BCUT2D eigenvalue weighted by Crippen LogP contribution is -2.33. The third-order valence-corrected chi connectivity index (χ3v) is 6.79. The molecule has 1 N–H and O–H groups in total. The number of hydrogen-bond acceptors (Lipinski definition) is 5. The molecule has 0 bridgehead atoms. The van der Waals surface area contributed by atoms with Gasteiger partial charge in [0.1, 0.15) is 5.25 Å². The molecule has 2 aromatic carbocycles. The number of hydrogen-bond donors (Lipinski definition) is 1. The molecule has 1 saturated heterocycles. The fraction of sp³-hybridized carbons (Fsp3) is 0.200. The number of carbonyl (C=O) groups excluding carboxylic acids is 2. The van der Waals surface area contributed by atoms with Crippen LogP contribution in [0.1, 0.15) is 23.2 Å². The highest BCUT2D eigenvalue weighted by atomic mass is 35.5. The van der Waals surface area contributed by atoms with E-state index in [0.29, 0.717) is 22.4 Å². The first-order valence-corrected chi connectivity index (χ1v) is 11.7. The molecule has 2 heterocycles. The summed E-state index contributed by atoms with van der Waals surface area (Å²) in [5, 5.41) is 3.44. The van der Waals surface area contributed by atoms with E-state index in [4.69, 9.17) is 16.6 Å². The van der Waals surface area contributed by atoms with E-state index in [1.807, 2.05) is 56.3 Å². The Balaban J connectivity index is 1.55. The quantitative estimate of drug-likeness (QED) is 0.506. The SMILES string of the molecule is Cc1cccc(N=C2SC(CC(=O)Nc3cccc(Cl)c3C)C(=O)N2Cc2ccccn2)c1. The normalized spacial score (nSPS) is 16.9. The van der Waals surface area contributed by atoms with Crippen molar-refractivity contribution in [2.75, 3.05) is 5.32 Å². The van der Waals surface area contributed by atoms with Crippen LogP contribution in [-0.2, 0) is 16.1 Å². The molecular weight excluding hydrogens is 456 g/mol. The molecule has 8 heteroatoms. The first-order valence-electron chi connectivity index (χ1n) is 10.5. The number of thioether (sulfide) groups is 1. The Morgan fingerprint density at radius 3 is 2.73 bits per heavy atom. The van der Waals surface area contributed by atoms with Gasteiger partial charge >= 0.3 is 0 Å². The summed E-state index contributed by atoms with van der Waals surface area (Å²) in [5.41, 5.74) is 4.02. The van der Waals surface area contributed by atoms with E-state index < -0.39 is 5.25 Å². The standard InChI is InChI=1S/C25H23ClN4O2S/c1-16-7-5-9-18(13-16)28-25-30(15-19-8-3-4-12-27-19)24(32)22(33-25)14-23(31)29-21-11-6-10-20(26)17(21)2/h3-13,22H,14-15H2,1-2H3,(H,29,31). The average molecular weight is 479 g/mol. The van der Waals surface area contributed by atoms with Crippen LogP contribution in [0.25, 0.3) is 0 Å². The molecule has 33 heavy (non-hydrogen) atoms. The molecule has 4 rings (SSSR count). The zero-order valence-electron chi connectivity index (χ0n) is 18.3. The second kappa shape index (κ2) is 10.2. The van der Waals surface area contributed by atoms with E-state index in [1.165, 1.54) is 11.8 Å². The van der Waals surface area contributed by atoms with Gasteiger partial charge in [0.25, 0.3) is 0 Å². The monoisotopic (exact) mass is 478 g/mol. The maximum atomic E-state index is 13.3. The van der Waals surface area contributed by atoms with Gasteiger partial charge in [-0.1, -0.05) is 47.6 Å². The van der Waals surface area contributed by atoms with Crippen LogP contribution in [0.5, 0.6) is 0 Å². The number of benzene rings is 2. The Kier molecular flexibility index (Phi) is 7.11. The van der Waals surface area contributed by atoms with E-state index in [-0.39, 0.29) is 18.2 Å². The fourth-order valence-electron chi connectivity index (χ4n) is 3.44. The van der Waals surface area contributed by atoms with Crippen molar-refractivity contribution >= 4 is 51.7 Å². The van der Waals surface area contributed by atoms with Gasteiger partial charge < -0.3 is 5.32 Å². The molecule has 1 atom stereocenters. The summed E-state index contributed by atoms with van der Waals surface area (Å²) >= 11 is 7.46. The lowest BCUT2D eigenvalue weighted by atomic mass is 10.2. The van der Waals surface area contributed by atoms with Gasteiger partial charge in [-0.2, -0.15) is 0 Å². The van der Waals surface area contributed by atoms with E-state index >= 15 is 0 Å². The Bertz CT molecular complexity index is 1220. The van der Waals surface area contributed by atoms with Crippen LogP contribution in [-0.4, -0.2) is 32.1 Å². The van der Waals surface area contributed by atoms with Crippen molar-refractivity contribution in [3.63, 3.8) is 0 Å². The highest BCUT2D eigenvalue weighted by Gasteiger charge is 2.39. The van der Waals surface area contributed by atoms with Gasteiger partial charge in [-0.15, -0.1) is 0 Å². The van der Waals surface area contributed by atoms with Crippen LogP contribution < -0.4 is 5.32 Å². The van der Waals surface area contributed by atoms with Crippen LogP contribution in [0.4, 0.5) is 11.4 Å². The third kappa shape index (κ3) is 5.61. The number of halogens is 1. The van der Waals surface area contributed by atoms with Crippen molar-refractivity contribution in [2.24, 2.45) is 4.99 Å². The van der Waals surface area contributed by atoms with Crippen LogP contribution >= 0.6 is 23.4 Å². The summed E-state index contributed by atoms with van der Waals surface area (Å²) in [7, 11) is 0. The largest absolute Gasteiger partial charge is 0.326 e. The maximum Gasteiger partial charge on any atom is 0.243 e. The summed E-state index contributed by atoms with van der Waals surface area (Å²) in [6, 6.07) is 18.7. The number of aromatic nitrogens is 1. The number of aliphatic imine (C=N–C) groups is 1. The second-order valence-electron chi connectivity index (χ2n) is 7.75. The molecule has 3 aromatic rings. The minimum absolute atomic E-state index is 0.0288. The van der Waals surface area contributed by atoms with Gasteiger partial charge in [-0.3, -0.25) is 19.5 Å². The molecule has 0 spiro atoms. The maximum absolute atomic E-state index is 13.3. The third-order valence-electron chi connectivity index (χ3n) is 5.21. The summed E-state index contributed by atoms with van der Waals surface area (Å²) in [6.07, 6.45) is 1.72. The first kappa shape index (κ1) is 23.0. The van der Waals surface area contributed by atoms with Gasteiger partial charge in [-0.25, -0.2) is 4.99 Å². The zero-order chi connectivity index (χ0) is 23.4. The topological polar surface area (TPSA) is 74.7 Å². The molecule has 6 nitrogen and oxygen atoms in total. The number of rotatable bonds is 6. The predicted octanol–water partition coefficient (Wildman–Crippen LogP) is 5.51. The summed E-state index contributed by atoms with van der Waals surface area (Å²) in [5.74, 6) is -0.407. The number of nitrogens with one attached hydrogen (secondary N) is 1. The molecule has 1 aliphatic heterocycles. The lowest BCUT2D eigenvalue weighted by Gasteiger charge is -2.16. The van der Waals surface area contributed by atoms with Crippen LogP contribution in [0.15, 0.2) is 71.9 Å². The number of carbonyl (C=O) groups is 2. The molecular formula is C25H23ClN4O2S. The van der Waals surface area contributed by atoms with Gasteiger partial charge in [0, 0.05) is 23.3 Å². The van der Waals surface area contributed by atoms with Crippen LogP contribution in [0.3, 0.4) is 0 Å². The van der Waals surface area contributed by atoms with Crippen molar-refractivity contribution in [3.05, 3.63) is 88.7 Å². The van der Waals surface area contributed by atoms with E-state index in [2.05, 4.69) is 10.3 Å². The number of anilines is 1. The number of amides is 2. The smallest absolute Gasteiger partial charge is 0.243 e. The van der Waals surface area contributed by atoms with Crippen molar-refractivity contribution < 1.29 is 9.59 Å². The minimum Gasteiger partial charge on any atom is -0.326 e. The van der Waals surface area contributed by atoms with E-state index in [1.54, 1.807) is 29.3 Å². The molecule has 1 fully saturated rings. The van der Waals surface area contributed by atoms with Crippen molar-refractivity contribution in [1.82, 2.24) is 9.88 Å². The van der Waals surface area contributed by atoms with Crippen molar-refractivity contribution in [3.8, 4) is 0 Å². The fourth-order valence-corrected chi connectivity index (χ4v) is 4.78. The number of amidine groups is 1. The second-order valence-corrected chi connectivity index (χ2v) is 9.33. The van der Waals surface area contributed by atoms with Gasteiger partial charge in [0.15, 0.2) is 5.17 Å². The number of nitrogens with zero attached hydrogens (tertiary/aromatic N) is 3. The van der Waals surface area contributed by atoms with E-state index in [0.717, 1.165) is 22.5 Å². The highest BCUT2D eigenvalue weighted by Crippen LogP contribution is 2.33. The first-order chi connectivity index (χ1) is 15.9. The van der Waals surface area contributed by atoms with Crippen LogP contribution in [0, 0.1) is 13.8 Å². The average Bonchev–Trinajstić information content (AvgIpc) is 3.06. The Morgan fingerprint density at radius 2 is 1.97 bits per heavy atom. The Hall–Kier alpha value is -3.16. The molecule has 168 valence electrons. The predicted molar refractivity (Wildman–Crippen MR) is 134 cm³/mol. The molecule has 2 amide bonds. The van der Waals surface area contributed by atoms with Gasteiger partial charge in [0.2, 0.25) is 11.8 Å². The Morgan fingerprint density at radius 1 is 1.15 bits per heavy atom. The van der Waals surface area contributed by atoms with Gasteiger partial charge in [0.05, 0.1) is 17.9 Å². The molecule has 1 unspecified atom stereocenters. The summed E-state index contributed by atoms with van der Waals surface area (Å²) in [6.45, 7) is 4.13. The molecule has 1 aliphatic rings. The highest BCUT2D eigenvalue weighted by molar-refractivity contribution is 8.15. The zero-order valence-corrected chi connectivity index (χ0v) is 19.9. The lowest BCUT2D eigenvalue weighted by molar-refractivity contribution is -0.128. The minimum atomic E-state index is -0.572. The van der Waals surface area contributed by atoms with Gasteiger partial charge in [-0.05, 0) is 61.4 Å². The molecule has 0 saturated carbocycles. The summed E-state index contributed by atoms with van der Waals surface area (Å²) in [4.78, 5) is 36.7. The van der Waals surface area contributed by atoms with Crippen molar-refractivity contribution in [2.45, 2.75) is 32.1 Å². The molecule has 1 aromatic heterocycles. The van der Waals surface area contributed by atoms with Crippen LogP contribution in [0.2, 0.25) is 5.02 Å². The number of pyridine rings is 1. The molecule has 0 radical (unpaired) electrons. The van der Waals surface area contributed by atoms with E-state index in [9.17, 15) is 9.59 Å².